The van der Waals surface area contributed by atoms with Crippen LogP contribution in [0.3, 0.4) is 0 Å². The Morgan fingerprint density at radius 2 is 2.50 bits per heavy atom. The van der Waals surface area contributed by atoms with Gasteiger partial charge in [-0.2, -0.15) is 0 Å². The lowest BCUT2D eigenvalue weighted by Gasteiger charge is -1.96. The summed E-state index contributed by atoms with van der Waals surface area (Å²) in [4.78, 5) is 15.1. The van der Waals surface area contributed by atoms with E-state index in [9.17, 15) is 4.79 Å². The molecule has 14 heavy (non-hydrogen) atoms. The van der Waals surface area contributed by atoms with Crippen LogP contribution in [0, 0.1) is 0 Å². The number of anilines is 1. The predicted molar refractivity (Wildman–Crippen MR) is 50.7 cm³/mol. The summed E-state index contributed by atoms with van der Waals surface area (Å²) in [7, 11) is 0. The van der Waals surface area contributed by atoms with Crippen molar-refractivity contribution in [2.75, 3.05) is 5.32 Å². The van der Waals surface area contributed by atoms with Crippen molar-refractivity contribution in [2.24, 2.45) is 0 Å². The maximum atomic E-state index is 11.1. The summed E-state index contributed by atoms with van der Waals surface area (Å²) in [6.45, 7) is 1.77. The average molecular weight is 191 g/mol. The monoisotopic (exact) mass is 191 g/mol. The molecule has 0 radical (unpaired) electrons. The fraction of sp³-hybridized carbons (Fsp3) is 0.222. The van der Waals surface area contributed by atoms with Crippen LogP contribution in [0.2, 0.25) is 0 Å². The zero-order valence-corrected chi connectivity index (χ0v) is 7.65. The molecule has 0 saturated carbocycles. The van der Waals surface area contributed by atoms with Gasteiger partial charge >= 0.3 is 0 Å². The highest BCUT2D eigenvalue weighted by Crippen LogP contribution is 2.19. The Morgan fingerprint density at radius 3 is 3.29 bits per heavy atom. The fourth-order valence-corrected chi connectivity index (χ4v) is 1.09. The number of amides is 1. The molecule has 1 amide bonds. The Bertz CT molecular complexity index is 464. The molecule has 0 fully saturated rings. The molecular weight excluding hydrogens is 182 g/mol. The smallest absolute Gasteiger partial charge is 0.259 e. The Hall–Kier alpha value is -1.91. The van der Waals surface area contributed by atoms with Crippen LogP contribution in [0.25, 0.3) is 11.1 Å². The van der Waals surface area contributed by atoms with E-state index in [4.69, 9.17) is 4.52 Å². The average Bonchev–Trinajstić information content (AvgIpc) is 2.62. The molecule has 0 aliphatic rings. The van der Waals surface area contributed by atoms with E-state index in [0.717, 1.165) is 0 Å². The van der Waals surface area contributed by atoms with E-state index in [1.54, 1.807) is 25.3 Å². The lowest BCUT2D eigenvalue weighted by Crippen LogP contribution is -2.09. The van der Waals surface area contributed by atoms with Crippen LogP contribution in [-0.2, 0) is 4.79 Å². The maximum absolute atomic E-state index is 11.1. The van der Waals surface area contributed by atoms with Crippen LogP contribution in [-0.4, -0.2) is 16.0 Å². The van der Waals surface area contributed by atoms with Gasteiger partial charge in [-0.05, 0) is 12.1 Å². The number of carbonyl (C=O) groups is 1. The second-order valence-corrected chi connectivity index (χ2v) is 2.79. The summed E-state index contributed by atoms with van der Waals surface area (Å²) in [5.41, 5.74) is 0.430. The van der Waals surface area contributed by atoms with Crippen molar-refractivity contribution < 1.29 is 9.32 Å². The summed E-state index contributed by atoms with van der Waals surface area (Å²) >= 11 is 0. The maximum Gasteiger partial charge on any atom is 0.259 e. The fourth-order valence-electron chi connectivity index (χ4n) is 1.09. The van der Waals surface area contributed by atoms with Gasteiger partial charge < -0.3 is 9.84 Å². The summed E-state index contributed by atoms with van der Waals surface area (Å²) in [6.07, 6.45) is 2.02. The molecule has 5 nitrogen and oxygen atoms in total. The first-order valence-corrected chi connectivity index (χ1v) is 4.31. The van der Waals surface area contributed by atoms with Crippen LogP contribution < -0.4 is 5.32 Å². The molecule has 2 aromatic rings. The summed E-state index contributed by atoms with van der Waals surface area (Å²) in [5, 5.41) is 7.06. The zero-order valence-electron chi connectivity index (χ0n) is 7.65. The molecule has 0 unspecified atom stereocenters. The van der Waals surface area contributed by atoms with Gasteiger partial charge in [0.1, 0.15) is 0 Å². The summed E-state index contributed by atoms with van der Waals surface area (Å²) < 4.78 is 4.92. The van der Waals surface area contributed by atoms with E-state index in [2.05, 4.69) is 15.5 Å². The Kier molecular flexibility index (Phi) is 2.14. The number of carbonyl (C=O) groups excluding carboxylic acids is 1. The van der Waals surface area contributed by atoms with E-state index in [0.29, 0.717) is 23.3 Å². The lowest BCUT2D eigenvalue weighted by atomic mass is 10.3. The largest absolute Gasteiger partial charge is 0.334 e. The molecule has 2 heterocycles. The predicted octanol–water partition coefficient (Wildman–Crippen LogP) is 1.57. The molecule has 2 aromatic heterocycles. The highest BCUT2D eigenvalue weighted by atomic mass is 16.5. The highest BCUT2D eigenvalue weighted by molar-refractivity contribution is 5.97. The van der Waals surface area contributed by atoms with Crippen molar-refractivity contribution in [2.45, 2.75) is 13.3 Å². The minimum Gasteiger partial charge on any atom is -0.334 e. The standard InChI is InChI=1S/C9H9N3O2/c1-2-7(13)11-8-6-4-3-5-10-9(6)14-12-8/h3-5H,2H2,1H3,(H,11,12,13). The number of aromatic nitrogens is 2. The number of rotatable bonds is 2. The van der Waals surface area contributed by atoms with Gasteiger partial charge in [-0.15, -0.1) is 0 Å². The second-order valence-electron chi connectivity index (χ2n) is 2.79. The van der Waals surface area contributed by atoms with Crippen LogP contribution in [0.4, 0.5) is 5.82 Å². The van der Waals surface area contributed by atoms with Crippen molar-refractivity contribution in [3.8, 4) is 0 Å². The van der Waals surface area contributed by atoms with Crippen LogP contribution in [0.1, 0.15) is 13.3 Å². The molecule has 0 aliphatic carbocycles. The van der Waals surface area contributed by atoms with Crippen LogP contribution in [0.15, 0.2) is 22.9 Å². The first-order valence-electron chi connectivity index (χ1n) is 4.31. The molecule has 0 saturated heterocycles. The van der Waals surface area contributed by atoms with Crippen LogP contribution >= 0.6 is 0 Å². The molecule has 0 aliphatic heterocycles. The SMILES string of the molecule is CCC(=O)Nc1noc2ncccc12. The number of hydrogen-bond donors (Lipinski definition) is 1. The minimum atomic E-state index is -0.0935. The van der Waals surface area contributed by atoms with E-state index >= 15 is 0 Å². The van der Waals surface area contributed by atoms with Crippen molar-refractivity contribution in [3.63, 3.8) is 0 Å². The zero-order chi connectivity index (χ0) is 9.97. The third kappa shape index (κ3) is 1.44. The molecule has 0 bridgehead atoms. The second kappa shape index (κ2) is 3.45. The third-order valence-corrected chi connectivity index (χ3v) is 1.83. The van der Waals surface area contributed by atoms with Gasteiger partial charge in [0, 0.05) is 12.6 Å². The number of hydrogen-bond acceptors (Lipinski definition) is 4. The van der Waals surface area contributed by atoms with Gasteiger partial charge in [0.15, 0.2) is 5.82 Å². The molecular formula is C9H9N3O2. The molecule has 0 spiro atoms. The molecule has 5 heteroatoms. The Morgan fingerprint density at radius 1 is 1.64 bits per heavy atom. The molecule has 1 N–H and O–H groups in total. The van der Waals surface area contributed by atoms with Gasteiger partial charge in [0.25, 0.3) is 5.71 Å². The van der Waals surface area contributed by atoms with Gasteiger partial charge in [0.05, 0.1) is 5.39 Å². The molecule has 0 aromatic carbocycles. The minimum absolute atomic E-state index is 0.0935. The van der Waals surface area contributed by atoms with Gasteiger partial charge in [-0.1, -0.05) is 12.1 Å². The van der Waals surface area contributed by atoms with Crippen molar-refractivity contribution in [3.05, 3.63) is 18.3 Å². The lowest BCUT2D eigenvalue weighted by molar-refractivity contribution is -0.115. The van der Waals surface area contributed by atoms with Gasteiger partial charge in [0.2, 0.25) is 5.91 Å². The van der Waals surface area contributed by atoms with E-state index in [1.807, 2.05) is 0 Å². The number of nitrogens with one attached hydrogen (secondary N) is 1. The summed E-state index contributed by atoms with van der Waals surface area (Å²) in [6, 6.07) is 3.56. The number of fused-ring (bicyclic) bond motifs is 1. The Labute approximate surface area is 80.1 Å². The third-order valence-electron chi connectivity index (χ3n) is 1.83. The first-order chi connectivity index (χ1) is 6.81. The van der Waals surface area contributed by atoms with E-state index in [-0.39, 0.29) is 5.91 Å². The normalized spacial score (nSPS) is 10.4. The first kappa shape index (κ1) is 8.68. The van der Waals surface area contributed by atoms with E-state index in [1.165, 1.54) is 0 Å². The molecule has 0 atom stereocenters. The quantitative estimate of drug-likeness (QED) is 0.782. The number of nitrogens with zero attached hydrogens (tertiary/aromatic N) is 2. The number of pyridine rings is 1. The molecule has 2 rings (SSSR count). The summed E-state index contributed by atoms with van der Waals surface area (Å²) in [5.74, 6) is 0.337. The highest BCUT2D eigenvalue weighted by Gasteiger charge is 2.09. The van der Waals surface area contributed by atoms with Crippen molar-refractivity contribution in [1.82, 2.24) is 10.1 Å². The van der Waals surface area contributed by atoms with Gasteiger partial charge in [-0.3, -0.25) is 4.79 Å². The topological polar surface area (TPSA) is 68.0 Å². The van der Waals surface area contributed by atoms with Crippen molar-refractivity contribution >= 4 is 22.8 Å². The Balaban J connectivity index is 2.38. The van der Waals surface area contributed by atoms with Crippen molar-refractivity contribution in [1.29, 1.82) is 0 Å². The van der Waals surface area contributed by atoms with E-state index < -0.39 is 0 Å². The van der Waals surface area contributed by atoms with Crippen LogP contribution in [0.5, 0.6) is 0 Å². The van der Waals surface area contributed by atoms with Gasteiger partial charge in [-0.25, -0.2) is 4.98 Å². The molecule has 72 valence electrons.